The molecule has 1 aromatic heterocycles. The van der Waals surface area contributed by atoms with E-state index in [1.165, 1.54) is 0 Å². The number of hydrogen-bond donors (Lipinski definition) is 0. The summed E-state index contributed by atoms with van der Waals surface area (Å²) in [6, 6.07) is 6.05. The molecule has 1 aromatic rings. The van der Waals surface area contributed by atoms with E-state index in [0.717, 1.165) is 24.2 Å². The van der Waals surface area contributed by atoms with Gasteiger partial charge in [-0.2, -0.15) is 0 Å². The highest BCUT2D eigenvalue weighted by molar-refractivity contribution is 6.20. The lowest BCUT2D eigenvalue weighted by atomic mass is 10.2. The monoisotopic (exact) mass is 183 g/mol. The molecule has 0 radical (unpaired) electrons. The van der Waals surface area contributed by atoms with Crippen molar-refractivity contribution in [2.24, 2.45) is 0 Å². The molecule has 0 amide bonds. The SMILES string of the molecule is CCC(Cl)Cc1cccc(C)n1. The summed E-state index contributed by atoms with van der Waals surface area (Å²) in [5, 5.41) is 0.222. The number of aromatic nitrogens is 1. The fourth-order valence-corrected chi connectivity index (χ4v) is 1.24. The minimum Gasteiger partial charge on any atom is -0.258 e. The highest BCUT2D eigenvalue weighted by Gasteiger charge is 2.03. The van der Waals surface area contributed by atoms with Gasteiger partial charge in [-0.25, -0.2) is 0 Å². The van der Waals surface area contributed by atoms with Gasteiger partial charge in [0.05, 0.1) is 0 Å². The van der Waals surface area contributed by atoms with Crippen molar-refractivity contribution >= 4 is 11.6 Å². The van der Waals surface area contributed by atoms with Crippen molar-refractivity contribution in [1.82, 2.24) is 4.98 Å². The predicted molar refractivity (Wildman–Crippen MR) is 52.6 cm³/mol. The molecule has 1 rings (SSSR count). The Morgan fingerprint density at radius 1 is 1.50 bits per heavy atom. The highest BCUT2D eigenvalue weighted by Crippen LogP contribution is 2.09. The average molecular weight is 184 g/mol. The zero-order valence-electron chi connectivity index (χ0n) is 7.55. The van der Waals surface area contributed by atoms with Crippen LogP contribution in [0.4, 0.5) is 0 Å². The van der Waals surface area contributed by atoms with Gasteiger partial charge < -0.3 is 0 Å². The Balaban J connectivity index is 2.63. The van der Waals surface area contributed by atoms with Gasteiger partial charge in [0.15, 0.2) is 0 Å². The summed E-state index contributed by atoms with van der Waals surface area (Å²) in [5.74, 6) is 0. The van der Waals surface area contributed by atoms with Crippen LogP contribution in [-0.2, 0) is 6.42 Å². The topological polar surface area (TPSA) is 12.9 Å². The first kappa shape index (κ1) is 9.53. The summed E-state index contributed by atoms with van der Waals surface area (Å²) in [5.41, 5.74) is 2.16. The van der Waals surface area contributed by atoms with E-state index < -0.39 is 0 Å². The quantitative estimate of drug-likeness (QED) is 0.657. The molecule has 1 heterocycles. The molecule has 0 spiro atoms. The molecule has 0 N–H and O–H groups in total. The Morgan fingerprint density at radius 2 is 2.25 bits per heavy atom. The fourth-order valence-electron chi connectivity index (χ4n) is 1.08. The normalized spacial score (nSPS) is 12.9. The van der Waals surface area contributed by atoms with E-state index in [-0.39, 0.29) is 5.38 Å². The first-order chi connectivity index (χ1) is 5.72. The summed E-state index contributed by atoms with van der Waals surface area (Å²) in [6.07, 6.45) is 1.87. The van der Waals surface area contributed by atoms with Gasteiger partial charge in [-0.15, -0.1) is 11.6 Å². The first-order valence-corrected chi connectivity index (χ1v) is 4.72. The maximum Gasteiger partial charge on any atom is 0.0421 e. The lowest BCUT2D eigenvalue weighted by Gasteiger charge is -2.05. The molecule has 0 aliphatic heterocycles. The van der Waals surface area contributed by atoms with Crippen molar-refractivity contribution in [2.75, 3.05) is 0 Å². The molecule has 0 aliphatic rings. The van der Waals surface area contributed by atoms with Crippen LogP contribution in [0, 0.1) is 6.92 Å². The molecule has 0 aliphatic carbocycles. The molecule has 66 valence electrons. The molecule has 0 aromatic carbocycles. The average Bonchev–Trinajstić information content (AvgIpc) is 2.04. The van der Waals surface area contributed by atoms with Gasteiger partial charge in [0.2, 0.25) is 0 Å². The van der Waals surface area contributed by atoms with Crippen LogP contribution < -0.4 is 0 Å². The molecule has 0 fully saturated rings. The number of pyridine rings is 1. The Kier molecular flexibility index (Phi) is 3.54. The second-order valence-corrected chi connectivity index (χ2v) is 3.60. The molecule has 0 saturated carbocycles. The van der Waals surface area contributed by atoms with E-state index in [0.29, 0.717) is 0 Å². The van der Waals surface area contributed by atoms with Gasteiger partial charge in [-0.05, 0) is 25.5 Å². The molecular formula is C10H14ClN. The third kappa shape index (κ3) is 2.82. The van der Waals surface area contributed by atoms with Crippen molar-refractivity contribution < 1.29 is 0 Å². The van der Waals surface area contributed by atoms with Gasteiger partial charge >= 0.3 is 0 Å². The van der Waals surface area contributed by atoms with Crippen LogP contribution in [0.5, 0.6) is 0 Å². The van der Waals surface area contributed by atoms with Gasteiger partial charge in [0.1, 0.15) is 0 Å². The summed E-state index contributed by atoms with van der Waals surface area (Å²) in [4.78, 5) is 4.38. The maximum atomic E-state index is 6.01. The summed E-state index contributed by atoms with van der Waals surface area (Å²) in [7, 11) is 0. The van der Waals surface area contributed by atoms with E-state index in [1.807, 2.05) is 25.1 Å². The zero-order chi connectivity index (χ0) is 8.97. The Bertz CT molecular complexity index is 247. The second-order valence-electron chi connectivity index (χ2n) is 2.98. The van der Waals surface area contributed by atoms with Crippen molar-refractivity contribution in [3.8, 4) is 0 Å². The molecular weight excluding hydrogens is 170 g/mol. The van der Waals surface area contributed by atoms with Crippen LogP contribution in [0.3, 0.4) is 0 Å². The standard InChI is InChI=1S/C10H14ClN/c1-3-9(11)7-10-6-4-5-8(2)12-10/h4-6,9H,3,7H2,1-2H3. The number of alkyl halides is 1. The fraction of sp³-hybridized carbons (Fsp3) is 0.500. The van der Waals surface area contributed by atoms with Crippen LogP contribution in [0.15, 0.2) is 18.2 Å². The van der Waals surface area contributed by atoms with Gasteiger partial charge in [-0.3, -0.25) is 4.98 Å². The minimum atomic E-state index is 0.222. The minimum absolute atomic E-state index is 0.222. The van der Waals surface area contributed by atoms with Crippen molar-refractivity contribution in [3.63, 3.8) is 0 Å². The van der Waals surface area contributed by atoms with Crippen LogP contribution in [0.2, 0.25) is 0 Å². The number of aryl methyl sites for hydroxylation is 1. The van der Waals surface area contributed by atoms with Crippen LogP contribution in [-0.4, -0.2) is 10.4 Å². The summed E-state index contributed by atoms with van der Waals surface area (Å²) >= 11 is 6.01. The van der Waals surface area contributed by atoms with Gasteiger partial charge in [0, 0.05) is 23.2 Å². The molecule has 0 bridgehead atoms. The van der Waals surface area contributed by atoms with E-state index in [9.17, 15) is 0 Å². The van der Waals surface area contributed by atoms with Crippen molar-refractivity contribution in [2.45, 2.75) is 32.1 Å². The molecule has 1 nitrogen and oxygen atoms in total. The number of nitrogens with zero attached hydrogens (tertiary/aromatic N) is 1. The largest absolute Gasteiger partial charge is 0.258 e. The molecule has 1 unspecified atom stereocenters. The molecule has 1 atom stereocenters. The lowest BCUT2D eigenvalue weighted by Crippen LogP contribution is -2.03. The number of halogens is 1. The third-order valence-electron chi connectivity index (χ3n) is 1.82. The van der Waals surface area contributed by atoms with E-state index in [4.69, 9.17) is 11.6 Å². The van der Waals surface area contributed by atoms with Gasteiger partial charge in [0.25, 0.3) is 0 Å². The Labute approximate surface area is 78.8 Å². The summed E-state index contributed by atoms with van der Waals surface area (Å²) < 4.78 is 0. The molecule has 12 heavy (non-hydrogen) atoms. The maximum absolute atomic E-state index is 6.01. The molecule has 0 saturated heterocycles. The Morgan fingerprint density at radius 3 is 2.83 bits per heavy atom. The van der Waals surface area contributed by atoms with E-state index in [2.05, 4.69) is 11.9 Å². The molecule has 2 heteroatoms. The number of hydrogen-bond acceptors (Lipinski definition) is 1. The van der Waals surface area contributed by atoms with Crippen molar-refractivity contribution in [1.29, 1.82) is 0 Å². The second kappa shape index (κ2) is 4.46. The third-order valence-corrected chi connectivity index (χ3v) is 2.28. The van der Waals surface area contributed by atoms with E-state index in [1.54, 1.807) is 0 Å². The van der Waals surface area contributed by atoms with Crippen LogP contribution >= 0.6 is 11.6 Å². The number of rotatable bonds is 3. The first-order valence-electron chi connectivity index (χ1n) is 4.29. The Hall–Kier alpha value is -0.560. The smallest absolute Gasteiger partial charge is 0.0421 e. The summed E-state index contributed by atoms with van der Waals surface area (Å²) in [6.45, 7) is 4.09. The van der Waals surface area contributed by atoms with Crippen LogP contribution in [0.1, 0.15) is 24.7 Å². The predicted octanol–water partition coefficient (Wildman–Crippen LogP) is 2.95. The van der Waals surface area contributed by atoms with E-state index >= 15 is 0 Å². The van der Waals surface area contributed by atoms with Crippen LogP contribution in [0.25, 0.3) is 0 Å². The van der Waals surface area contributed by atoms with Gasteiger partial charge in [-0.1, -0.05) is 13.0 Å². The zero-order valence-corrected chi connectivity index (χ0v) is 8.30. The van der Waals surface area contributed by atoms with Crippen molar-refractivity contribution in [3.05, 3.63) is 29.6 Å². The lowest BCUT2D eigenvalue weighted by molar-refractivity contribution is 0.783. The highest BCUT2D eigenvalue weighted by atomic mass is 35.5.